The van der Waals surface area contributed by atoms with Crippen LogP contribution in [0.5, 0.6) is 5.75 Å². The van der Waals surface area contributed by atoms with Crippen molar-refractivity contribution >= 4 is 22.7 Å². The van der Waals surface area contributed by atoms with E-state index in [-0.39, 0.29) is 0 Å². The quantitative estimate of drug-likeness (QED) is 0.721. The molecular formula is C16H13NOS. The molecule has 0 radical (unpaired) electrons. The van der Waals surface area contributed by atoms with E-state index in [4.69, 9.17) is 0 Å². The predicted molar refractivity (Wildman–Crippen MR) is 79.4 cm³/mol. The second-order valence-electron chi connectivity index (χ2n) is 4.28. The van der Waals surface area contributed by atoms with E-state index in [1.807, 2.05) is 30.3 Å². The zero-order chi connectivity index (χ0) is 13.1. The van der Waals surface area contributed by atoms with Crippen LogP contribution in [-0.2, 0) is 5.75 Å². The molecule has 0 spiro atoms. The van der Waals surface area contributed by atoms with Crippen molar-refractivity contribution < 1.29 is 5.11 Å². The van der Waals surface area contributed by atoms with Crippen molar-refractivity contribution in [2.75, 3.05) is 0 Å². The van der Waals surface area contributed by atoms with Crippen LogP contribution < -0.4 is 0 Å². The number of aromatic hydroxyl groups is 1. The van der Waals surface area contributed by atoms with Crippen molar-refractivity contribution in [3.8, 4) is 5.75 Å². The predicted octanol–water partition coefficient (Wildman–Crippen LogP) is 4.23. The fourth-order valence-electron chi connectivity index (χ4n) is 1.92. The minimum absolute atomic E-state index is 0.302. The number of fused-ring (bicyclic) bond motifs is 1. The third-order valence-corrected chi connectivity index (χ3v) is 3.89. The first kappa shape index (κ1) is 12.1. The van der Waals surface area contributed by atoms with Gasteiger partial charge in [-0.2, -0.15) is 0 Å². The summed E-state index contributed by atoms with van der Waals surface area (Å²) in [5, 5.41) is 10.6. The van der Waals surface area contributed by atoms with Crippen LogP contribution in [0, 0.1) is 0 Å². The number of phenols is 1. The molecule has 94 valence electrons. The SMILES string of the molecule is Oc1cccc(SCc2ccc3ccccc3n2)c1. The molecule has 0 aliphatic rings. The molecule has 2 aromatic carbocycles. The summed E-state index contributed by atoms with van der Waals surface area (Å²) < 4.78 is 0. The number of aromatic nitrogens is 1. The van der Waals surface area contributed by atoms with Gasteiger partial charge in [-0.15, -0.1) is 11.8 Å². The van der Waals surface area contributed by atoms with Crippen molar-refractivity contribution in [1.82, 2.24) is 4.98 Å². The smallest absolute Gasteiger partial charge is 0.116 e. The molecular weight excluding hydrogens is 254 g/mol. The number of phenolic OH excluding ortho intramolecular Hbond substituents is 1. The maximum absolute atomic E-state index is 9.42. The van der Waals surface area contributed by atoms with Crippen LogP contribution in [0.3, 0.4) is 0 Å². The van der Waals surface area contributed by atoms with Gasteiger partial charge in [-0.25, -0.2) is 0 Å². The zero-order valence-corrected chi connectivity index (χ0v) is 11.1. The Bertz CT molecular complexity index is 712. The summed E-state index contributed by atoms with van der Waals surface area (Å²) in [7, 11) is 0. The summed E-state index contributed by atoms with van der Waals surface area (Å²) in [6.45, 7) is 0. The van der Waals surface area contributed by atoms with Gasteiger partial charge >= 0.3 is 0 Å². The van der Waals surface area contributed by atoms with Gasteiger partial charge in [0.25, 0.3) is 0 Å². The van der Waals surface area contributed by atoms with Crippen LogP contribution >= 0.6 is 11.8 Å². The monoisotopic (exact) mass is 267 g/mol. The molecule has 3 aromatic rings. The van der Waals surface area contributed by atoms with E-state index >= 15 is 0 Å². The molecule has 0 saturated carbocycles. The third-order valence-electron chi connectivity index (χ3n) is 2.86. The molecule has 0 saturated heterocycles. The molecule has 3 heteroatoms. The number of hydrogen-bond donors (Lipinski definition) is 1. The molecule has 0 amide bonds. The molecule has 0 fully saturated rings. The van der Waals surface area contributed by atoms with Crippen LogP contribution in [0.25, 0.3) is 10.9 Å². The molecule has 1 heterocycles. The summed E-state index contributed by atoms with van der Waals surface area (Å²) in [6, 6.07) is 19.6. The number of benzene rings is 2. The van der Waals surface area contributed by atoms with Crippen molar-refractivity contribution in [2.45, 2.75) is 10.6 Å². The number of hydrogen-bond acceptors (Lipinski definition) is 3. The Morgan fingerprint density at radius 1 is 0.947 bits per heavy atom. The number of nitrogens with zero attached hydrogens (tertiary/aromatic N) is 1. The Morgan fingerprint density at radius 2 is 1.84 bits per heavy atom. The van der Waals surface area contributed by atoms with E-state index in [2.05, 4.69) is 23.2 Å². The largest absolute Gasteiger partial charge is 0.508 e. The van der Waals surface area contributed by atoms with Crippen molar-refractivity contribution in [3.05, 3.63) is 66.4 Å². The Labute approximate surface area is 116 Å². The molecule has 3 rings (SSSR count). The molecule has 0 atom stereocenters. The zero-order valence-electron chi connectivity index (χ0n) is 10.3. The van der Waals surface area contributed by atoms with Crippen LogP contribution in [0.2, 0.25) is 0 Å². The Kier molecular flexibility index (Phi) is 3.38. The lowest BCUT2D eigenvalue weighted by Gasteiger charge is -2.04. The number of rotatable bonds is 3. The highest BCUT2D eigenvalue weighted by molar-refractivity contribution is 7.98. The summed E-state index contributed by atoms with van der Waals surface area (Å²) in [4.78, 5) is 5.68. The van der Waals surface area contributed by atoms with E-state index in [9.17, 15) is 5.11 Å². The highest BCUT2D eigenvalue weighted by Gasteiger charge is 2.00. The van der Waals surface area contributed by atoms with Gasteiger partial charge in [0.1, 0.15) is 5.75 Å². The van der Waals surface area contributed by atoms with Gasteiger partial charge in [0.05, 0.1) is 11.2 Å². The number of thioether (sulfide) groups is 1. The molecule has 2 nitrogen and oxygen atoms in total. The number of para-hydroxylation sites is 1. The van der Waals surface area contributed by atoms with Gasteiger partial charge in [-0.1, -0.05) is 30.3 Å². The van der Waals surface area contributed by atoms with Crippen LogP contribution in [0.15, 0.2) is 65.6 Å². The van der Waals surface area contributed by atoms with Gasteiger partial charge < -0.3 is 5.11 Å². The van der Waals surface area contributed by atoms with Crippen molar-refractivity contribution in [3.63, 3.8) is 0 Å². The number of pyridine rings is 1. The van der Waals surface area contributed by atoms with Crippen LogP contribution in [0.1, 0.15) is 5.69 Å². The average Bonchev–Trinajstić information content (AvgIpc) is 2.45. The fourth-order valence-corrected chi connectivity index (χ4v) is 2.77. The summed E-state index contributed by atoms with van der Waals surface area (Å²) in [5.74, 6) is 1.10. The molecule has 0 bridgehead atoms. The molecule has 0 unspecified atom stereocenters. The second-order valence-corrected chi connectivity index (χ2v) is 5.33. The van der Waals surface area contributed by atoms with Crippen molar-refractivity contribution in [1.29, 1.82) is 0 Å². The second kappa shape index (κ2) is 5.33. The molecule has 19 heavy (non-hydrogen) atoms. The Morgan fingerprint density at radius 3 is 2.74 bits per heavy atom. The van der Waals surface area contributed by atoms with Gasteiger partial charge in [0.2, 0.25) is 0 Å². The first-order valence-electron chi connectivity index (χ1n) is 6.08. The van der Waals surface area contributed by atoms with Crippen molar-refractivity contribution in [2.24, 2.45) is 0 Å². The topological polar surface area (TPSA) is 33.1 Å². The minimum atomic E-state index is 0.302. The lowest BCUT2D eigenvalue weighted by molar-refractivity contribution is 0.474. The van der Waals surface area contributed by atoms with Gasteiger partial charge in [-0.3, -0.25) is 4.98 Å². The maximum atomic E-state index is 9.42. The van der Waals surface area contributed by atoms with Crippen LogP contribution in [0.4, 0.5) is 0 Å². The first-order valence-corrected chi connectivity index (χ1v) is 7.06. The van der Waals surface area contributed by atoms with E-state index < -0.39 is 0 Å². The summed E-state index contributed by atoms with van der Waals surface area (Å²) >= 11 is 1.67. The van der Waals surface area contributed by atoms with Gasteiger partial charge in [0, 0.05) is 16.0 Å². The van der Waals surface area contributed by atoms with E-state index in [1.54, 1.807) is 23.9 Å². The Balaban J connectivity index is 1.78. The van der Waals surface area contributed by atoms with Crippen LogP contribution in [-0.4, -0.2) is 10.1 Å². The third kappa shape index (κ3) is 2.88. The van der Waals surface area contributed by atoms with Gasteiger partial charge in [-0.05, 0) is 30.3 Å². The average molecular weight is 267 g/mol. The minimum Gasteiger partial charge on any atom is -0.508 e. The summed E-state index contributed by atoms with van der Waals surface area (Å²) in [5.41, 5.74) is 2.07. The normalized spacial score (nSPS) is 10.7. The molecule has 1 aromatic heterocycles. The van der Waals surface area contributed by atoms with Gasteiger partial charge in [0.15, 0.2) is 0 Å². The fraction of sp³-hybridized carbons (Fsp3) is 0.0625. The Hall–Kier alpha value is -2.00. The van der Waals surface area contributed by atoms with E-state index in [0.29, 0.717) is 5.75 Å². The van der Waals surface area contributed by atoms with E-state index in [1.165, 1.54) is 0 Å². The maximum Gasteiger partial charge on any atom is 0.116 e. The molecule has 1 N–H and O–H groups in total. The van der Waals surface area contributed by atoms with E-state index in [0.717, 1.165) is 27.2 Å². The lowest BCUT2D eigenvalue weighted by atomic mass is 10.2. The molecule has 0 aliphatic carbocycles. The highest BCUT2D eigenvalue weighted by atomic mass is 32.2. The first-order chi connectivity index (χ1) is 9.31. The highest BCUT2D eigenvalue weighted by Crippen LogP contribution is 2.25. The molecule has 0 aliphatic heterocycles. The standard InChI is InChI=1S/C16H13NOS/c18-14-5-3-6-15(10-14)19-11-13-9-8-12-4-1-2-7-16(12)17-13/h1-10,18H,11H2. The lowest BCUT2D eigenvalue weighted by Crippen LogP contribution is -1.87. The summed E-state index contributed by atoms with van der Waals surface area (Å²) in [6.07, 6.45) is 0.